The van der Waals surface area contributed by atoms with Crippen molar-refractivity contribution in [3.05, 3.63) is 47.7 Å². The molecule has 4 aromatic rings. The van der Waals surface area contributed by atoms with Crippen LogP contribution in [-0.4, -0.2) is 73.9 Å². The van der Waals surface area contributed by atoms with E-state index < -0.39 is 23.6 Å². The Morgan fingerprint density at radius 1 is 1.21 bits per heavy atom. The van der Waals surface area contributed by atoms with Crippen LogP contribution in [0.15, 0.2) is 30.5 Å². The quantitative estimate of drug-likeness (QED) is 0.206. The van der Waals surface area contributed by atoms with Gasteiger partial charge < -0.3 is 26.0 Å². The minimum Gasteiger partial charge on any atom is -0.508 e. The highest BCUT2D eigenvalue weighted by atomic mass is 19.1. The number of phenols is 1. The SMILES string of the molecule is CCc1c(F)ccc2cc(O)cc(-c3ncc4c(NCC(N)CC(=O)O)nc(OCC56CCCN5CCC6)nc4c3F)c12. The van der Waals surface area contributed by atoms with Crippen molar-refractivity contribution in [2.24, 2.45) is 5.73 Å². The molecule has 2 aliphatic heterocycles. The number of carbonyl (C=O) groups is 1. The summed E-state index contributed by atoms with van der Waals surface area (Å²) in [6.45, 7) is 4.23. The molecule has 2 aromatic heterocycles. The van der Waals surface area contributed by atoms with Crippen molar-refractivity contribution < 1.29 is 28.5 Å². The van der Waals surface area contributed by atoms with E-state index in [0.717, 1.165) is 38.8 Å². The monoisotopic (exact) mass is 592 g/mol. The summed E-state index contributed by atoms with van der Waals surface area (Å²) in [4.78, 5) is 26.9. The van der Waals surface area contributed by atoms with E-state index in [4.69, 9.17) is 15.6 Å². The highest BCUT2D eigenvalue weighted by Gasteiger charge is 2.45. The van der Waals surface area contributed by atoms with Crippen LogP contribution in [0.3, 0.4) is 0 Å². The molecule has 0 aliphatic carbocycles. The van der Waals surface area contributed by atoms with Crippen molar-refractivity contribution in [3.8, 4) is 23.0 Å². The van der Waals surface area contributed by atoms with Crippen molar-refractivity contribution in [3.63, 3.8) is 0 Å². The molecular formula is C31H34F2N6O4. The first-order valence-corrected chi connectivity index (χ1v) is 14.6. The third-order valence-corrected chi connectivity index (χ3v) is 8.67. The number of aliphatic carboxylic acids is 1. The van der Waals surface area contributed by atoms with E-state index >= 15 is 4.39 Å². The zero-order valence-corrected chi connectivity index (χ0v) is 23.9. The second kappa shape index (κ2) is 11.5. The van der Waals surface area contributed by atoms with Gasteiger partial charge in [-0.05, 0) is 79.7 Å². The van der Waals surface area contributed by atoms with Gasteiger partial charge in [0, 0.05) is 24.3 Å². The number of aromatic nitrogens is 3. The number of aromatic hydroxyl groups is 1. The van der Waals surface area contributed by atoms with Gasteiger partial charge in [-0.3, -0.25) is 14.7 Å². The number of nitrogens with zero attached hydrogens (tertiary/aromatic N) is 4. The van der Waals surface area contributed by atoms with Gasteiger partial charge in [0.25, 0.3) is 0 Å². The number of benzene rings is 2. The summed E-state index contributed by atoms with van der Waals surface area (Å²) in [6, 6.07) is 4.97. The molecule has 6 rings (SSSR count). The van der Waals surface area contributed by atoms with E-state index in [2.05, 4.69) is 25.2 Å². The summed E-state index contributed by atoms with van der Waals surface area (Å²) in [5, 5.41) is 23.9. The van der Waals surface area contributed by atoms with Gasteiger partial charge in [-0.1, -0.05) is 13.0 Å². The topological polar surface area (TPSA) is 147 Å². The number of carboxylic acid groups (broad SMARTS) is 1. The molecular weight excluding hydrogens is 558 g/mol. The first kappa shape index (κ1) is 28.9. The van der Waals surface area contributed by atoms with E-state index in [9.17, 15) is 14.3 Å². The Morgan fingerprint density at radius 3 is 2.70 bits per heavy atom. The lowest BCUT2D eigenvalue weighted by Gasteiger charge is -2.31. The predicted molar refractivity (Wildman–Crippen MR) is 158 cm³/mol. The number of halogens is 2. The van der Waals surface area contributed by atoms with E-state index in [1.807, 2.05) is 0 Å². The number of rotatable bonds is 10. The van der Waals surface area contributed by atoms with Gasteiger partial charge in [-0.25, -0.2) is 8.78 Å². The molecule has 2 aliphatic rings. The molecule has 10 nitrogen and oxygen atoms in total. The largest absolute Gasteiger partial charge is 0.508 e. The first-order valence-electron chi connectivity index (χ1n) is 14.6. The zero-order valence-electron chi connectivity index (χ0n) is 23.9. The number of hydrogen-bond acceptors (Lipinski definition) is 9. The Hall–Kier alpha value is -4.16. The van der Waals surface area contributed by atoms with Gasteiger partial charge in [0.15, 0.2) is 5.82 Å². The first-order chi connectivity index (χ1) is 20.7. The van der Waals surface area contributed by atoms with Crippen LogP contribution in [0.4, 0.5) is 14.6 Å². The Balaban J connectivity index is 1.46. The fraction of sp³-hybridized carbons (Fsp3) is 0.419. The molecule has 4 heterocycles. The van der Waals surface area contributed by atoms with E-state index in [0.29, 0.717) is 29.4 Å². The van der Waals surface area contributed by atoms with Gasteiger partial charge in [-0.2, -0.15) is 9.97 Å². The molecule has 0 spiro atoms. The van der Waals surface area contributed by atoms with Gasteiger partial charge in [0.05, 0.1) is 17.3 Å². The number of nitrogens with two attached hydrogens (primary N) is 1. The molecule has 0 bridgehead atoms. The lowest BCUT2D eigenvalue weighted by atomic mass is 9.94. The number of pyridine rings is 1. The molecule has 2 saturated heterocycles. The predicted octanol–water partition coefficient (Wildman–Crippen LogP) is 4.61. The van der Waals surface area contributed by atoms with Crippen molar-refractivity contribution in [1.29, 1.82) is 0 Å². The van der Waals surface area contributed by atoms with Crippen molar-refractivity contribution in [2.45, 2.75) is 57.0 Å². The average Bonchev–Trinajstić information content (AvgIpc) is 3.55. The normalized spacial score (nSPS) is 16.9. The number of fused-ring (bicyclic) bond motifs is 3. The molecule has 0 amide bonds. The number of phenolic OH excluding ortho intramolecular Hbond substituents is 1. The molecule has 0 saturated carbocycles. The summed E-state index contributed by atoms with van der Waals surface area (Å²) in [5.41, 5.74) is 6.30. The summed E-state index contributed by atoms with van der Waals surface area (Å²) in [6.07, 6.45) is 5.64. The number of hydrogen-bond donors (Lipinski definition) is 4. The summed E-state index contributed by atoms with van der Waals surface area (Å²) >= 11 is 0. The van der Waals surface area contributed by atoms with Crippen LogP contribution in [0.1, 0.15) is 44.6 Å². The highest BCUT2D eigenvalue weighted by Crippen LogP contribution is 2.40. The van der Waals surface area contributed by atoms with Crippen molar-refractivity contribution in [2.75, 3.05) is 31.6 Å². The summed E-state index contributed by atoms with van der Waals surface area (Å²) in [5.74, 6) is -2.18. The van der Waals surface area contributed by atoms with Crippen LogP contribution < -0.4 is 15.8 Å². The Bertz CT molecular complexity index is 1710. The second-order valence-electron chi connectivity index (χ2n) is 11.5. The minimum atomic E-state index is -1.04. The Morgan fingerprint density at radius 2 is 1.98 bits per heavy atom. The van der Waals surface area contributed by atoms with Crippen molar-refractivity contribution in [1.82, 2.24) is 19.9 Å². The van der Waals surface area contributed by atoms with E-state index in [-0.39, 0.29) is 58.2 Å². The van der Waals surface area contributed by atoms with Crippen LogP contribution in [0, 0.1) is 11.6 Å². The summed E-state index contributed by atoms with van der Waals surface area (Å²) < 4.78 is 37.5. The number of carboxylic acids is 1. The fourth-order valence-corrected chi connectivity index (χ4v) is 6.64. The number of aryl methyl sites for hydroxylation is 1. The maximum absolute atomic E-state index is 16.5. The zero-order chi connectivity index (χ0) is 30.3. The maximum atomic E-state index is 16.5. The van der Waals surface area contributed by atoms with Crippen LogP contribution in [-0.2, 0) is 11.2 Å². The molecule has 1 atom stereocenters. The molecule has 2 fully saturated rings. The molecule has 43 heavy (non-hydrogen) atoms. The van der Waals surface area contributed by atoms with Crippen LogP contribution in [0.25, 0.3) is 32.9 Å². The standard InChI is InChI=1S/C31H34F2N6O4/c1-2-20-23(32)6-5-17-11-19(40)13-21(25(17)20)27-26(33)28-22(15-35-27)29(36-14-18(34)12-24(41)42)38-30(37-28)43-16-31-7-3-9-39(31)10-4-8-31/h5-6,11,13,15,18,40H,2-4,7-10,12,14,16,34H2,1H3,(H,41,42)(H,36,37,38). The molecule has 12 heteroatoms. The Labute approximate surface area is 246 Å². The lowest BCUT2D eigenvalue weighted by Crippen LogP contribution is -2.43. The van der Waals surface area contributed by atoms with Gasteiger partial charge in [0.2, 0.25) is 0 Å². The molecule has 226 valence electrons. The number of nitrogens with one attached hydrogen (secondary N) is 1. The van der Waals surface area contributed by atoms with Crippen molar-refractivity contribution >= 4 is 33.5 Å². The van der Waals surface area contributed by atoms with Gasteiger partial charge in [-0.15, -0.1) is 0 Å². The molecule has 0 radical (unpaired) electrons. The molecule has 2 aromatic carbocycles. The molecule has 5 N–H and O–H groups in total. The van der Waals surface area contributed by atoms with Crippen LogP contribution >= 0.6 is 0 Å². The second-order valence-corrected chi connectivity index (χ2v) is 11.5. The van der Waals surface area contributed by atoms with Crippen LogP contribution in [0.2, 0.25) is 0 Å². The van der Waals surface area contributed by atoms with E-state index in [1.54, 1.807) is 6.92 Å². The van der Waals surface area contributed by atoms with Gasteiger partial charge in [0.1, 0.15) is 35.2 Å². The third kappa shape index (κ3) is 5.40. The molecule has 1 unspecified atom stereocenters. The fourth-order valence-electron chi connectivity index (χ4n) is 6.64. The maximum Gasteiger partial charge on any atom is 0.319 e. The van der Waals surface area contributed by atoms with E-state index in [1.165, 1.54) is 30.5 Å². The third-order valence-electron chi connectivity index (χ3n) is 8.67. The smallest absolute Gasteiger partial charge is 0.319 e. The highest BCUT2D eigenvalue weighted by molar-refractivity contribution is 6.01. The summed E-state index contributed by atoms with van der Waals surface area (Å²) in [7, 11) is 0. The number of ether oxygens (including phenoxy) is 1. The van der Waals surface area contributed by atoms with Crippen LogP contribution in [0.5, 0.6) is 11.8 Å². The minimum absolute atomic E-state index is 0.0351. The van der Waals surface area contributed by atoms with Gasteiger partial charge >= 0.3 is 12.0 Å². The number of anilines is 1. The average molecular weight is 593 g/mol. The lowest BCUT2D eigenvalue weighted by molar-refractivity contribution is -0.137. The Kier molecular flexibility index (Phi) is 7.74.